The molecule has 7 heteroatoms. The summed E-state index contributed by atoms with van der Waals surface area (Å²) in [5, 5.41) is 3.98. The Bertz CT molecular complexity index is 758. The summed E-state index contributed by atoms with van der Waals surface area (Å²) in [7, 11) is 0. The molecule has 0 aliphatic carbocycles. The van der Waals surface area contributed by atoms with Gasteiger partial charge >= 0.3 is 5.97 Å². The lowest BCUT2D eigenvalue weighted by Crippen LogP contribution is -2.22. The first-order valence-electron chi connectivity index (χ1n) is 6.17. The Morgan fingerprint density at radius 2 is 2.19 bits per heavy atom. The smallest absolute Gasteiger partial charge is 0.362 e. The Morgan fingerprint density at radius 1 is 1.48 bits per heavy atom. The lowest BCUT2D eigenvalue weighted by molar-refractivity contribution is 0.0515. The molecule has 2 aromatic rings. The molecule has 0 saturated heterocycles. The van der Waals surface area contributed by atoms with Gasteiger partial charge in [-0.1, -0.05) is 0 Å². The number of aryl methyl sites for hydroxylation is 1. The first-order valence-corrected chi connectivity index (χ1v) is 6.96. The Morgan fingerprint density at radius 3 is 2.86 bits per heavy atom. The van der Waals surface area contributed by atoms with Crippen LogP contribution < -0.4 is 5.43 Å². The molecule has 0 saturated carbocycles. The molecule has 0 unspecified atom stereocenters. The van der Waals surface area contributed by atoms with Crippen LogP contribution in [0.15, 0.2) is 33.7 Å². The third-order valence-electron chi connectivity index (χ3n) is 2.76. The molecule has 0 aliphatic heterocycles. The first kappa shape index (κ1) is 15.4. The normalized spacial score (nSPS) is 10.5. The number of rotatable bonds is 3. The quantitative estimate of drug-likeness (QED) is 0.795. The Hall–Kier alpha value is -2.02. The predicted octanol–water partition coefficient (Wildman–Crippen LogP) is 2.62. The average Bonchev–Trinajstić information content (AvgIpc) is 2.44. The van der Waals surface area contributed by atoms with Crippen LogP contribution in [0.3, 0.4) is 0 Å². The number of halogens is 2. The van der Waals surface area contributed by atoms with E-state index in [-0.39, 0.29) is 16.8 Å². The van der Waals surface area contributed by atoms with E-state index in [0.717, 1.165) is 0 Å². The van der Waals surface area contributed by atoms with Gasteiger partial charge in [-0.15, -0.1) is 0 Å². The van der Waals surface area contributed by atoms with E-state index in [2.05, 4.69) is 21.0 Å². The molecule has 0 N–H and O–H groups in total. The van der Waals surface area contributed by atoms with Crippen molar-refractivity contribution in [1.29, 1.82) is 0 Å². The van der Waals surface area contributed by atoms with Gasteiger partial charge < -0.3 is 4.74 Å². The molecule has 0 radical (unpaired) electrons. The van der Waals surface area contributed by atoms with Crippen LogP contribution in [0.25, 0.3) is 5.69 Å². The molecule has 1 aromatic carbocycles. The van der Waals surface area contributed by atoms with Gasteiger partial charge in [0.25, 0.3) is 0 Å². The second-order valence-corrected chi connectivity index (χ2v) is 5.10. The van der Waals surface area contributed by atoms with Crippen LogP contribution in [0.1, 0.15) is 23.0 Å². The molecule has 0 aliphatic rings. The Labute approximate surface area is 128 Å². The van der Waals surface area contributed by atoms with Crippen LogP contribution in [0.4, 0.5) is 4.39 Å². The fourth-order valence-electron chi connectivity index (χ4n) is 1.77. The number of hydrogen-bond donors (Lipinski definition) is 0. The summed E-state index contributed by atoms with van der Waals surface area (Å²) in [6.07, 6.45) is 1.41. The van der Waals surface area contributed by atoms with Crippen molar-refractivity contribution in [1.82, 2.24) is 9.78 Å². The number of nitrogens with zero attached hydrogens (tertiary/aromatic N) is 2. The van der Waals surface area contributed by atoms with Crippen LogP contribution in [0, 0.1) is 12.7 Å². The highest BCUT2D eigenvalue weighted by atomic mass is 79.9. The molecule has 0 amide bonds. The molecule has 0 atom stereocenters. The van der Waals surface area contributed by atoms with Crippen LogP contribution >= 0.6 is 15.9 Å². The molecule has 0 bridgehead atoms. The maximum atomic E-state index is 13.4. The summed E-state index contributed by atoms with van der Waals surface area (Å²) in [5.41, 5.74) is 0.332. The van der Waals surface area contributed by atoms with Gasteiger partial charge in [0.2, 0.25) is 11.1 Å². The number of hydrogen-bond acceptors (Lipinski definition) is 4. The van der Waals surface area contributed by atoms with E-state index in [1.807, 2.05) is 0 Å². The van der Waals surface area contributed by atoms with Crippen LogP contribution in [0.5, 0.6) is 0 Å². The van der Waals surface area contributed by atoms with Gasteiger partial charge in [-0.05, 0) is 47.5 Å². The largest absolute Gasteiger partial charge is 0.461 e. The lowest BCUT2D eigenvalue weighted by Gasteiger charge is -2.11. The minimum Gasteiger partial charge on any atom is -0.461 e. The fourth-order valence-corrected chi connectivity index (χ4v) is 2.10. The minimum atomic E-state index is -0.782. The number of carbonyl (C=O) groups excluding carboxylic acids is 1. The van der Waals surface area contributed by atoms with Gasteiger partial charge in [-0.25, -0.2) is 13.9 Å². The van der Waals surface area contributed by atoms with E-state index >= 15 is 0 Å². The standard InChI is InChI=1S/C14H12BrFN2O3/c1-3-21-14(20)13-12(19)4-5-18(17-13)11-7-9(15)10(16)6-8(11)2/h4-7H,3H2,1-2H3. The van der Waals surface area contributed by atoms with E-state index in [0.29, 0.717) is 11.3 Å². The van der Waals surface area contributed by atoms with E-state index in [9.17, 15) is 14.0 Å². The fraction of sp³-hybridized carbons (Fsp3) is 0.214. The number of carbonyl (C=O) groups is 1. The maximum absolute atomic E-state index is 13.4. The SMILES string of the molecule is CCOC(=O)c1nn(-c2cc(Br)c(F)cc2C)ccc1=O. The number of esters is 1. The van der Waals surface area contributed by atoms with Crippen molar-refractivity contribution in [3.05, 3.63) is 56.2 Å². The van der Waals surface area contributed by atoms with E-state index in [4.69, 9.17) is 4.74 Å². The minimum absolute atomic E-state index is 0.149. The summed E-state index contributed by atoms with van der Waals surface area (Å²) in [6, 6.07) is 4.08. The van der Waals surface area contributed by atoms with Crippen LogP contribution in [-0.4, -0.2) is 22.4 Å². The summed E-state index contributed by atoms with van der Waals surface area (Å²) in [5.74, 6) is -1.18. The van der Waals surface area contributed by atoms with Crippen molar-refractivity contribution in [2.24, 2.45) is 0 Å². The average molecular weight is 355 g/mol. The van der Waals surface area contributed by atoms with Gasteiger partial charge in [0, 0.05) is 12.3 Å². The van der Waals surface area contributed by atoms with Gasteiger partial charge in [-0.3, -0.25) is 4.79 Å². The van der Waals surface area contributed by atoms with Gasteiger partial charge in [0.1, 0.15) is 5.82 Å². The molecule has 5 nitrogen and oxygen atoms in total. The molecule has 21 heavy (non-hydrogen) atoms. The Balaban J connectivity index is 2.56. The summed E-state index contributed by atoms with van der Waals surface area (Å²) in [4.78, 5) is 23.4. The topological polar surface area (TPSA) is 61.2 Å². The monoisotopic (exact) mass is 354 g/mol. The molecular weight excluding hydrogens is 343 g/mol. The molecule has 110 valence electrons. The number of ether oxygens (including phenoxy) is 1. The lowest BCUT2D eigenvalue weighted by atomic mass is 10.2. The van der Waals surface area contributed by atoms with E-state index in [1.54, 1.807) is 13.8 Å². The first-order chi connectivity index (χ1) is 9.93. The number of benzene rings is 1. The Kier molecular flexibility index (Phi) is 4.52. The third-order valence-corrected chi connectivity index (χ3v) is 3.37. The molecule has 1 heterocycles. The molecule has 2 rings (SSSR count). The number of aromatic nitrogens is 2. The van der Waals surface area contributed by atoms with Crippen molar-refractivity contribution in [3.63, 3.8) is 0 Å². The maximum Gasteiger partial charge on any atom is 0.362 e. The summed E-state index contributed by atoms with van der Waals surface area (Å²) >= 11 is 3.09. The van der Waals surface area contributed by atoms with Gasteiger partial charge in [0.05, 0.1) is 16.8 Å². The second kappa shape index (κ2) is 6.17. The zero-order valence-corrected chi connectivity index (χ0v) is 13.0. The highest BCUT2D eigenvalue weighted by Crippen LogP contribution is 2.22. The van der Waals surface area contributed by atoms with E-state index in [1.165, 1.54) is 29.1 Å². The third kappa shape index (κ3) is 3.18. The molecule has 0 spiro atoms. The van der Waals surface area contributed by atoms with Gasteiger partial charge in [-0.2, -0.15) is 5.10 Å². The van der Waals surface area contributed by atoms with Crippen molar-refractivity contribution in [2.45, 2.75) is 13.8 Å². The zero-order valence-electron chi connectivity index (χ0n) is 11.4. The highest BCUT2D eigenvalue weighted by Gasteiger charge is 2.15. The van der Waals surface area contributed by atoms with Gasteiger partial charge in [0.15, 0.2) is 0 Å². The van der Waals surface area contributed by atoms with Crippen LogP contribution in [-0.2, 0) is 4.74 Å². The van der Waals surface area contributed by atoms with E-state index < -0.39 is 17.2 Å². The molecule has 1 aromatic heterocycles. The van der Waals surface area contributed by atoms with Crippen molar-refractivity contribution in [3.8, 4) is 5.69 Å². The van der Waals surface area contributed by atoms with Crippen molar-refractivity contribution >= 4 is 21.9 Å². The molecule has 0 fully saturated rings. The van der Waals surface area contributed by atoms with Crippen molar-refractivity contribution < 1.29 is 13.9 Å². The molecular formula is C14H12BrFN2O3. The zero-order chi connectivity index (χ0) is 15.6. The predicted molar refractivity (Wildman–Crippen MR) is 78.2 cm³/mol. The second-order valence-electron chi connectivity index (χ2n) is 4.25. The summed E-state index contributed by atoms with van der Waals surface area (Å²) in [6.45, 7) is 3.49. The van der Waals surface area contributed by atoms with Crippen LogP contribution in [0.2, 0.25) is 0 Å². The van der Waals surface area contributed by atoms with Crippen molar-refractivity contribution in [2.75, 3.05) is 6.61 Å². The summed E-state index contributed by atoms with van der Waals surface area (Å²) < 4.78 is 19.8. The highest BCUT2D eigenvalue weighted by molar-refractivity contribution is 9.10.